The van der Waals surface area contributed by atoms with Crippen LogP contribution in [0, 0.1) is 11.7 Å². The molecular formula is C15H20FNO3. The van der Waals surface area contributed by atoms with Crippen LogP contribution < -0.4 is 4.74 Å². The van der Waals surface area contributed by atoms with Gasteiger partial charge in [-0.2, -0.15) is 0 Å². The topological polar surface area (TPSA) is 49.8 Å². The number of aliphatic hydroxyl groups is 1. The zero-order valence-electron chi connectivity index (χ0n) is 11.8. The molecule has 0 bridgehead atoms. The van der Waals surface area contributed by atoms with E-state index in [1.165, 1.54) is 19.2 Å². The van der Waals surface area contributed by atoms with Gasteiger partial charge >= 0.3 is 0 Å². The van der Waals surface area contributed by atoms with E-state index in [0.717, 1.165) is 6.42 Å². The Kier molecular flexibility index (Phi) is 4.60. The highest BCUT2D eigenvalue weighted by atomic mass is 19.1. The molecule has 1 amide bonds. The predicted octanol–water partition coefficient (Wildman–Crippen LogP) is 1.61. The number of carbonyl (C=O) groups excluding carboxylic acids is 1. The summed E-state index contributed by atoms with van der Waals surface area (Å²) in [5, 5.41) is 9.53. The number of likely N-dealkylation sites (tertiary alicyclic amines) is 1. The van der Waals surface area contributed by atoms with Crippen LogP contribution in [-0.4, -0.2) is 42.2 Å². The van der Waals surface area contributed by atoms with Crippen LogP contribution in [0.1, 0.15) is 18.9 Å². The fourth-order valence-corrected chi connectivity index (χ4v) is 2.51. The summed E-state index contributed by atoms with van der Waals surface area (Å²) in [5.74, 6) is -0.165. The van der Waals surface area contributed by atoms with E-state index in [1.54, 1.807) is 17.9 Å². The number of benzene rings is 1. The van der Waals surface area contributed by atoms with Gasteiger partial charge in [-0.3, -0.25) is 4.79 Å². The van der Waals surface area contributed by atoms with Gasteiger partial charge in [0.2, 0.25) is 5.91 Å². The quantitative estimate of drug-likeness (QED) is 0.912. The van der Waals surface area contributed by atoms with E-state index in [4.69, 9.17) is 4.74 Å². The Morgan fingerprint density at radius 3 is 2.90 bits per heavy atom. The van der Waals surface area contributed by atoms with Crippen LogP contribution in [0.3, 0.4) is 0 Å². The standard InChI is InChI=1S/C15H20FNO3/c1-10(18)12-5-6-17(9-12)15(19)8-11-3-4-14(20-2)13(16)7-11/h3-4,7,10,12,18H,5-6,8-9H2,1-2H3. The third-order valence-corrected chi connectivity index (χ3v) is 3.83. The zero-order valence-corrected chi connectivity index (χ0v) is 11.8. The largest absolute Gasteiger partial charge is 0.494 e. The molecule has 0 saturated carbocycles. The summed E-state index contributed by atoms with van der Waals surface area (Å²) in [4.78, 5) is 13.9. The summed E-state index contributed by atoms with van der Waals surface area (Å²) >= 11 is 0. The molecule has 5 heteroatoms. The highest BCUT2D eigenvalue weighted by Crippen LogP contribution is 2.22. The van der Waals surface area contributed by atoms with Crippen molar-refractivity contribution in [2.24, 2.45) is 5.92 Å². The van der Waals surface area contributed by atoms with E-state index in [1.807, 2.05) is 0 Å². The van der Waals surface area contributed by atoms with E-state index in [-0.39, 0.29) is 24.0 Å². The smallest absolute Gasteiger partial charge is 0.227 e. The summed E-state index contributed by atoms with van der Waals surface area (Å²) in [5.41, 5.74) is 0.633. The molecule has 110 valence electrons. The van der Waals surface area contributed by atoms with Gasteiger partial charge in [0.1, 0.15) is 0 Å². The number of aliphatic hydroxyl groups excluding tert-OH is 1. The Morgan fingerprint density at radius 1 is 1.60 bits per heavy atom. The Morgan fingerprint density at radius 2 is 2.35 bits per heavy atom. The van der Waals surface area contributed by atoms with Crippen molar-refractivity contribution in [2.45, 2.75) is 25.9 Å². The molecule has 2 unspecified atom stereocenters. The minimum absolute atomic E-state index is 0.0299. The van der Waals surface area contributed by atoms with Crippen LogP contribution in [0.5, 0.6) is 5.75 Å². The molecule has 1 N–H and O–H groups in total. The molecule has 1 saturated heterocycles. The predicted molar refractivity (Wildman–Crippen MR) is 73.0 cm³/mol. The molecule has 2 rings (SSSR count). The fraction of sp³-hybridized carbons (Fsp3) is 0.533. The van der Waals surface area contributed by atoms with Crippen LogP contribution in [0.2, 0.25) is 0 Å². The molecule has 2 atom stereocenters. The summed E-state index contributed by atoms with van der Waals surface area (Å²) < 4.78 is 18.4. The third-order valence-electron chi connectivity index (χ3n) is 3.83. The van der Waals surface area contributed by atoms with Gasteiger partial charge in [0, 0.05) is 19.0 Å². The lowest BCUT2D eigenvalue weighted by Crippen LogP contribution is -2.31. The van der Waals surface area contributed by atoms with Crippen molar-refractivity contribution in [2.75, 3.05) is 20.2 Å². The second-order valence-electron chi connectivity index (χ2n) is 5.27. The molecule has 0 aliphatic carbocycles. The Bertz CT molecular complexity index is 490. The average Bonchev–Trinajstić information content (AvgIpc) is 2.88. The molecule has 20 heavy (non-hydrogen) atoms. The number of halogens is 1. The number of hydrogen-bond donors (Lipinski definition) is 1. The van der Waals surface area contributed by atoms with Gasteiger partial charge in [-0.1, -0.05) is 6.07 Å². The van der Waals surface area contributed by atoms with Gasteiger partial charge in [-0.25, -0.2) is 4.39 Å². The number of ether oxygens (including phenoxy) is 1. The zero-order chi connectivity index (χ0) is 14.7. The van der Waals surface area contributed by atoms with Gasteiger partial charge in [-0.05, 0) is 31.0 Å². The van der Waals surface area contributed by atoms with Crippen LogP contribution >= 0.6 is 0 Å². The van der Waals surface area contributed by atoms with Gasteiger partial charge in [0.25, 0.3) is 0 Å². The van der Waals surface area contributed by atoms with E-state index < -0.39 is 11.9 Å². The highest BCUT2D eigenvalue weighted by Gasteiger charge is 2.28. The van der Waals surface area contributed by atoms with Crippen molar-refractivity contribution in [3.8, 4) is 5.75 Å². The van der Waals surface area contributed by atoms with Crippen LogP contribution in [0.15, 0.2) is 18.2 Å². The Hall–Kier alpha value is -1.62. The number of methoxy groups -OCH3 is 1. The first kappa shape index (κ1) is 14.8. The lowest BCUT2D eigenvalue weighted by Gasteiger charge is -2.18. The highest BCUT2D eigenvalue weighted by molar-refractivity contribution is 5.79. The fourth-order valence-electron chi connectivity index (χ4n) is 2.51. The molecular weight excluding hydrogens is 261 g/mol. The molecule has 0 spiro atoms. The van der Waals surface area contributed by atoms with Gasteiger partial charge in [0.15, 0.2) is 11.6 Å². The minimum Gasteiger partial charge on any atom is -0.494 e. The van der Waals surface area contributed by atoms with Crippen LogP contribution in [-0.2, 0) is 11.2 Å². The summed E-state index contributed by atoms with van der Waals surface area (Å²) in [7, 11) is 1.41. The van der Waals surface area contributed by atoms with Crippen LogP contribution in [0.25, 0.3) is 0 Å². The van der Waals surface area contributed by atoms with E-state index in [0.29, 0.717) is 18.7 Å². The molecule has 1 heterocycles. The van der Waals surface area contributed by atoms with Crippen molar-refractivity contribution >= 4 is 5.91 Å². The van der Waals surface area contributed by atoms with Crippen molar-refractivity contribution in [1.29, 1.82) is 0 Å². The van der Waals surface area contributed by atoms with E-state index >= 15 is 0 Å². The summed E-state index contributed by atoms with van der Waals surface area (Å²) in [6.45, 7) is 2.99. The number of rotatable bonds is 4. The number of carbonyl (C=O) groups is 1. The van der Waals surface area contributed by atoms with Gasteiger partial charge < -0.3 is 14.7 Å². The summed E-state index contributed by atoms with van der Waals surface area (Å²) in [6.07, 6.45) is 0.597. The molecule has 1 aliphatic rings. The molecule has 4 nitrogen and oxygen atoms in total. The van der Waals surface area contributed by atoms with E-state index in [9.17, 15) is 14.3 Å². The lowest BCUT2D eigenvalue weighted by atomic mass is 10.0. The maximum absolute atomic E-state index is 13.6. The minimum atomic E-state index is -0.457. The molecule has 0 radical (unpaired) electrons. The molecule has 1 fully saturated rings. The van der Waals surface area contributed by atoms with Crippen molar-refractivity contribution in [3.05, 3.63) is 29.6 Å². The number of hydrogen-bond acceptors (Lipinski definition) is 3. The van der Waals surface area contributed by atoms with Gasteiger partial charge in [0.05, 0.1) is 19.6 Å². The van der Waals surface area contributed by atoms with Crippen LogP contribution in [0.4, 0.5) is 4.39 Å². The molecule has 0 aromatic heterocycles. The molecule has 1 aromatic carbocycles. The first-order valence-corrected chi connectivity index (χ1v) is 6.79. The van der Waals surface area contributed by atoms with Crippen molar-refractivity contribution < 1.29 is 19.0 Å². The van der Waals surface area contributed by atoms with Gasteiger partial charge in [-0.15, -0.1) is 0 Å². The SMILES string of the molecule is COc1ccc(CC(=O)N2CCC(C(C)O)C2)cc1F. The van der Waals surface area contributed by atoms with Crippen molar-refractivity contribution in [1.82, 2.24) is 4.90 Å². The first-order chi connectivity index (χ1) is 9.51. The number of nitrogens with zero attached hydrogens (tertiary/aromatic N) is 1. The molecule has 1 aliphatic heterocycles. The third kappa shape index (κ3) is 3.28. The second-order valence-corrected chi connectivity index (χ2v) is 5.27. The normalized spacial score (nSPS) is 20.0. The maximum atomic E-state index is 13.6. The second kappa shape index (κ2) is 6.22. The Balaban J connectivity index is 1.97. The maximum Gasteiger partial charge on any atom is 0.227 e. The number of amides is 1. The Labute approximate surface area is 118 Å². The lowest BCUT2D eigenvalue weighted by molar-refractivity contribution is -0.129. The van der Waals surface area contributed by atoms with Crippen molar-refractivity contribution in [3.63, 3.8) is 0 Å². The summed E-state index contributed by atoms with van der Waals surface area (Å²) in [6, 6.07) is 4.56. The van der Waals surface area contributed by atoms with E-state index in [2.05, 4.69) is 0 Å². The molecule has 1 aromatic rings. The average molecular weight is 281 g/mol. The monoisotopic (exact) mass is 281 g/mol. The first-order valence-electron chi connectivity index (χ1n) is 6.79.